The highest BCUT2D eigenvalue weighted by Crippen LogP contribution is 2.07. The molecule has 0 amide bonds. The molecule has 1 aromatic heterocycles. The number of aliphatic hydroxyl groups is 1. The molecule has 4 nitrogen and oxygen atoms in total. The monoisotopic (exact) mass is 240 g/mol. The zero-order valence-electron chi connectivity index (χ0n) is 9.51. The van der Waals surface area contributed by atoms with Crippen LogP contribution in [0.25, 0.3) is 0 Å². The highest BCUT2D eigenvalue weighted by molar-refractivity contribution is 7.80. The van der Waals surface area contributed by atoms with Gasteiger partial charge in [0.1, 0.15) is 4.99 Å². The van der Waals surface area contributed by atoms with E-state index in [0.29, 0.717) is 13.2 Å². The van der Waals surface area contributed by atoms with Crippen LogP contribution in [0.4, 0.5) is 0 Å². The number of hydrogen-bond acceptors (Lipinski definition) is 4. The number of aromatic nitrogens is 1. The van der Waals surface area contributed by atoms with Gasteiger partial charge in [0.05, 0.1) is 19.8 Å². The van der Waals surface area contributed by atoms with E-state index < -0.39 is 0 Å². The molecule has 88 valence electrons. The number of ether oxygens (including phenoxy) is 1. The number of aliphatic hydroxyl groups excluding tert-OH is 1. The summed E-state index contributed by atoms with van der Waals surface area (Å²) >= 11 is 5.24. The maximum absolute atomic E-state index is 8.59. The fourth-order valence-electron chi connectivity index (χ4n) is 1.20. The Kier molecular flexibility index (Phi) is 5.31. The van der Waals surface area contributed by atoms with Crippen LogP contribution in [-0.2, 0) is 11.3 Å². The van der Waals surface area contributed by atoms with Crippen LogP contribution in [0.3, 0.4) is 0 Å². The summed E-state index contributed by atoms with van der Waals surface area (Å²) in [5, 5.41) is 8.59. The van der Waals surface area contributed by atoms with Crippen molar-refractivity contribution in [3.63, 3.8) is 0 Å². The minimum absolute atomic E-state index is 0.0310. The lowest BCUT2D eigenvalue weighted by atomic mass is 10.2. The molecule has 0 radical (unpaired) electrons. The van der Waals surface area contributed by atoms with E-state index in [4.69, 9.17) is 22.1 Å². The molecule has 0 aromatic carbocycles. The zero-order valence-corrected chi connectivity index (χ0v) is 10.3. The molecule has 0 fully saturated rings. The molecule has 1 aromatic rings. The maximum Gasteiger partial charge on any atom is 0.110 e. The van der Waals surface area contributed by atoms with Gasteiger partial charge in [0.15, 0.2) is 0 Å². The van der Waals surface area contributed by atoms with Crippen molar-refractivity contribution in [3.8, 4) is 0 Å². The van der Waals surface area contributed by atoms with Gasteiger partial charge in [-0.1, -0.05) is 12.2 Å². The second-order valence-corrected chi connectivity index (χ2v) is 3.94. The van der Waals surface area contributed by atoms with Crippen LogP contribution >= 0.6 is 12.2 Å². The van der Waals surface area contributed by atoms with Crippen molar-refractivity contribution >= 4 is 17.2 Å². The van der Waals surface area contributed by atoms with Crippen LogP contribution in [-0.4, -0.2) is 47.3 Å². The number of pyridine rings is 1. The van der Waals surface area contributed by atoms with Crippen molar-refractivity contribution in [2.45, 2.75) is 6.61 Å². The van der Waals surface area contributed by atoms with Crippen molar-refractivity contribution in [2.75, 3.05) is 27.3 Å². The molecule has 1 rings (SSSR count). The molecule has 0 unspecified atom stereocenters. The van der Waals surface area contributed by atoms with E-state index in [2.05, 4.69) is 4.98 Å². The van der Waals surface area contributed by atoms with Crippen LogP contribution in [0.15, 0.2) is 18.5 Å². The van der Waals surface area contributed by atoms with Crippen LogP contribution in [0.2, 0.25) is 0 Å². The predicted molar refractivity (Wildman–Crippen MR) is 66.4 cm³/mol. The standard InChI is InChI=1S/C11H16N2O2S/c1-13(2)11(16)10-5-9(6-12-7-10)8-15-4-3-14/h5-7,14H,3-4,8H2,1-2H3. The van der Waals surface area contributed by atoms with Gasteiger partial charge in [0.2, 0.25) is 0 Å². The fraction of sp³-hybridized carbons (Fsp3) is 0.455. The van der Waals surface area contributed by atoms with Gasteiger partial charge in [-0.15, -0.1) is 0 Å². The smallest absolute Gasteiger partial charge is 0.110 e. The molecule has 5 heteroatoms. The van der Waals surface area contributed by atoms with Gasteiger partial charge in [-0.05, 0) is 11.6 Å². The van der Waals surface area contributed by atoms with Gasteiger partial charge in [-0.25, -0.2) is 0 Å². The summed E-state index contributed by atoms with van der Waals surface area (Å²) in [6.07, 6.45) is 3.47. The average Bonchev–Trinajstić information content (AvgIpc) is 2.29. The minimum atomic E-state index is 0.0310. The van der Waals surface area contributed by atoms with E-state index in [1.165, 1.54) is 0 Å². The highest BCUT2D eigenvalue weighted by atomic mass is 32.1. The van der Waals surface area contributed by atoms with E-state index in [0.717, 1.165) is 16.1 Å². The van der Waals surface area contributed by atoms with Crippen molar-refractivity contribution in [3.05, 3.63) is 29.6 Å². The molecule has 0 aliphatic carbocycles. The Balaban J connectivity index is 2.67. The highest BCUT2D eigenvalue weighted by Gasteiger charge is 2.04. The van der Waals surface area contributed by atoms with Crippen LogP contribution in [0.1, 0.15) is 11.1 Å². The molecule has 0 aliphatic heterocycles. The van der Waals surface area contributed by atoms with E-state index >= 15 is 0 Å². The summed E-state index contributed by atoms with van der Waals surface area (Å²) in [4.78, 5) is 6.72. The molecule has 0 spiro atoms. The number of thiocarbonyl (C=S) groups is 1. The average molecular weight is 240 g/mol. The number of rotatable bonds is 5. The van der Waals surface area contributed by atoms with E-state index in [-0.39, 0.29) is 6.61 Å². The molecule has 16 heavy (non-hydrogen) atoms. The summed E-state index contributed by atoms with van der Waals surface area (Å²) in [6, 6.07) is 1.95. The lowest BCUT2D eigenvalue weighted by Gasteiger charge is -2.14. The third-order valence-electron chi connectivity index (χ3n) is 1.95. The Morgan fingerprint density at radius 2 is 2.25 bits per heavy atom. The van der Waals surface area contributed by atoms with Crippen LogP contribution in [0.5, 0.6) is 0 Å². The lowest BCUT2D eigenvalue weighted by molar-refractivity contribution is 0.0814. The third-order valence-corrected chi connectivity index (χ3v) is 2.55. The van der Waals surface area contributed by atoms with Gasteiger partial charge < -0.3 is 14.7 Å². The Morgan fingerprint density at radius 3 is 2.88 bits per heavy atom. The van der Waals surface area contributed by atoms with E-state index in [9.17, 15) is 0 Å². The summed E-state index contributed by atoms with van der Waals surface area (Å²) in [7, 11) is 3.80. The van der Waals surface area contributed by atoms with Crippen molar-refractivity contribution in [1.29, 1.82) is 0 Å². The molecule has 0 saturated carbocycles. The molecule has 0 aliphatic rings. The second kappa shape index (κ2) is 6.52. The second-order valence-electron chi connectivity index (χ2n) is 3.56. The largest absolute Gasteiger partial charge is 0.394 e. The summed E-state index contributed by atoms with van der Waals surface area (Å²) in [5.74, 6) is 0. The first-order valence-corrected chi connectivity index (χ1v) is 5.40. The molecular weight excluding hydrogens is 224 g/mol. The quantitative estimate of drug-likeness (QED) is 0.610. The molecule has 1 heterocycles. The Morgan fingerprint density at radius 1 is 1.50 bits per heavy atom. The van der Waals surface area contributed by atoms with Crippen LogP contribution in [0, 0.1) is 0 Å². The summed E-state index contributed by atoms with van der Waals surface area (Å²) in [5.41, 5.74) is 1.86. The van der Waals surface area contributed by atoms with Gasteiger partial charge in [-0.3, -0.25) is 4.98 Å². The van der Waals surface area contributed by atoms with Gasteiger partial charge in [-0.2, -0.15) is 0 Å². The molecule has 0 atom stereocenters. The number of nitrogens with zero attached hydrogens (tertiary/aromatic N) is 2. The molecular formula is C11H16N2O2S. The Bertz CT molecular complexity index is 356. The van der Waals surface area contributed by atoms with Crippen molar-refractivity contribution in [2.24, 2.45) is 0 Å². The normalized spacial score (nSPS) is 10.2. The summed E-state index contributed by atoms with van der Waals surface area (Å²) in [6.45, 7) is 0.809. The summed E-state index contributed by atoms with van der Waals surface area (Å²) < 4.78 is 5.22. The third kappa shape index (κ3) is 3.84. The maximum atomic E-state index is 8.59. The van der Waals surface area contributed by atoms with E-state index in [1.807, 2.05) is 25.1 Å². The predicted octanol–water partition coefficient (Wildman–Crippen LogP) is 0.828. The van der Waals surface area contributed by atoms with Gasteiger partial charge >= 0.3 is 0 Å². The zero-order chi connectivity index (χ0) is 12.0. The van der Waals surface area contributed by atoms with Gasteiger partial charge in [0.25, 0.3) is 0 Å². The Hall–Kier alpha value is -1.04. The molecule has 0 saturated heterocycles. The first kappa shape index (κ1) is 13.0. The Labute approximate surface area is 101 Å². The topological polar surface area (TPSA) is 45.6 Å². The molecule has 1 N–H and O–H groups in total. The van der Waals surface area contributed by atoms with Crippen molar-refractivity contribution in [1.82, 2.24) is 9.88 Å². The molecule has 0 bridgehead atoms. The van der Waals surface area contributed by atoms with E-state index in [1.54, 1.807) is 12.4 Å². The van der Waals surface area contributed by atoms with Crippen molar-refractivity contribution < 1.29 is 9.84 Å². The minimum Gasteiger partial charge on any atom is -0.394 e. The van der Waals surface area contributed by atoms with Crippen LogP contribution < -0.4 is 0 Å². The SMILES string of the molecule is CN(C)C(=S)c1cncc(COCCO)c1. The fourth-order valence-corrected chi connectivity index (χ4v) is 1.31. The lowest BCUT2D eigenvalue weighted by Crippen LogP contribution is -2.20. The first-order chi connectivity index (χ1) is 7.65. The first-order valence-electron chi connectivity index (χ1n) is 4.99. The number of hydrogen-bond donors (Lipinski definition) is 1. The van der Waals surface area contributed by atoms with Gasteiger partial charge in [0, 0.05) is 32.1 Å².